The van der Waals surface area contributed by atoms with Crippen LogP contribution in [0.1, 0.15) is 36.1 Å². The van der Waals surface area contributed by atoms with Gasteiger partial charge in [0.2, 0.25) is 11.6 Å². The number of piperidine rings is 1. The summed E-state index contributed by atoms with van der Waals surface area (Å²) in [6, 6.07) is 10.2. The Morgan fingerprint density at radius 1 is 1.38 bits per heavy atom. The van der Waals surface area contributed by atoms with Crippen molar-refractivity contribution in [1.29, 1.82) is 5.26 Å². The smallest absolute Gasteiger partial charge is 0.251 e. The van der Waals surface area contributed by atoms with Gasteiger partial charge >= 0.3 is 0 Å². The summed E-state index contributed by atoms with van der Waals surface area (Å²) in [6.45, 7) is 3.33. The van der Waals surface area contributed by atoms with Gasteiger partial charge in [-0.25, -0.2) is 9.97 Å². The molecule has 6 nitrogen and oxygen atoms in total. The molecule has 0 aliphatic carbocycles. The molecule has 2 heterocycles. The predicted molar refractivity (Wildman–Crippen MR) is 96.5 cm³/mol. The molecule has 0 N–H and O–H groups in total. The van der Waals surface area contributed by atoms with Gasteiger partial charge < -0.3 is 9.64 Å². The van der Waals surface area contributed by atoms with E-state index >= 15 is 0 Å². The van der Waals surface area contributed by atoms with E-state index in [1.54, 1.807) is 0 Å². The van der Waals surface area contributed by atoms with Crippen molar-refractivity contribution in [3.63, 3.8) is 0 Å². The monoisotopic (exact) mass is 350 g/mol. The van der Waals surface area contributed by atoms with Gasteiger partial charge in [-0.1, -0.05) is 29.8 Å². The maximum Gasteiger partial charge on any atom is 0.251 e. The van der Waals surface area contributed by atoms with Crippen molar-refractivity contribution in [3.8, 4) is 11.9 Å². The lowest BCUT2D eigenvalue weighted by molar-refractivity contribution is -0.133. The van der Waals surface area contributed by atoms with E-state index in [1.807, 2.05) is 17.0 Å². The van der Waals surface area contributed by atoms with Crippen molar-refractivity contribution in [1.82, 2.24) is 14.9 Å². The highest BCUT2D eigenvalue weighted by Gasteiger charge is 2.25. The average molecular weight is 350 g/mol. The van der Waals surface area contributed by atoms with E-state index in [1.165, 1.54) is 23.5 Å². The van der Waals surface area contributed by atoms with E-state index in [4.69, 9.17) is 10.00 Å². The standard InChI is InChI=1S/C20H22N4O2/c1-15-4-2-5-16(12-15)7-8-19(25)24-11-3-6-17(14-24)26-20-18(13-21)22-9-10-23-20/h2,4-5,9-10,12,17H,3,6-8,11,14H2,1H3. The van der Waals surface area contributed by atoms with E-state index in [-0.39, 0.29) is 23.6 Å². The number of amides is 1. The van der Waals surface area contributed by atoms with Crippen molar-refractivity contribution >= 4 is 5.91 Å². The van der Waals surface area contributed by atoms with Crippen LogP contribution in [0.15, 0.2) is 36.7 Å². The molecule has 1 aromatic carbocycles. The Balaban J connectivity index is 1.56. The van der Waals surface area contributed by atoms with Crippen LogP contribution < -0.4 is 4.74 Å². The second-order valence-electron chi connectivity index (χ2n) is 6.53. The van der Waals surface area contributed by atoms with Crippen LogP contribution in [0.3, 0.4) is 0 Å². The molecule has 3 rings (SSSR count). The minimum atomic E-state index is -0.157. The number of nitrogens with zero attached hydrogens (tertiary/aromatic N) is 4. The van der Waals surface area contributed by atoms with Gasteiger partial charge in [0, 0.05) is 25.4 Å². The Bertz CT molecular complexity index is 815. The minimum Gasteiger partial charge on any atom is -0.470 e. The molecular weight excluding hydrogens is 328 g/mol. The Kier molecular flexibility index (Phi) is 5.80. The first-order valence-electron chi connectivity index (χ1n) is 8.87. The summed E-state index contributed by atoms with van der Waals surface area (Å²) >= 11 is 0. The van der Waals surface area contributed by atoms with E-state index in [9.17, 15) is 4.79 Å². The molecule has 1 aromatic heterocycles. The molecule has 1 aliphatic rings. The van der Waals surface area contributed by atoms with Gasteiger partial charge in [0.05, 0.1) is 6.54 Å². The largest absolute Gasteiger partial charge is 0.470 e. The number of carbonyl (C=O) groups excluding carboxylic acids is 1. The first kappa shape index (κ1) is 17.9. The van der Waals surface area contributed by atoms with Crippen molar-refractivity contribution in [2.75, 3.05) is 13.1 Å². The van der Waals surface area contributed by atoms with E-state index in [2.05, 4.69) is 35.1 Å². The van der Waals surface area contributed by atoms with Crippen molar-refractivity contribution in [2.45, 2.75) is 38.7 Å². The fourth-order valence-electron chi connectivity index (χ4n) is 3.18. The molecule has 1 fully saturated rings. The van der Waals surface area contributed by atoms with Crippen LogP contribution >= 0.6 is 0 Å². The lowest BCUT2D eigenvalue weighted by Gasteiger charge is -2.32. The molecule has 1 saturated heterocycles. The molecule has 0 saturated carbocycles. The molecule has 0 radical (unpaired) electrons. The van der Waals surface area contributed by atoms with Crippen LogP contribution in [-0.4, -0.2) is 40.0 Å². The summed E-state index contributed by atoms with van der Waals surface area (Å²) in [5.41, 5.74) is 2.57. The van der Waals surface area contributed by atoms with Crippen LogP contribution in [0.5, 0.6) is 5.88 Å². The summed E-state index contributed by atoms with van der Waals surface area (Å²) < 4.78 is 5.85. The van der Waals surface area contributed by atoms with Gasteiger partial charge in [-0.05, 0) is 31.7 Å². The summed E-state index contributed by atoms with van der Waals surface area (Å²) in [4.78, 5) is 22.5. The highest BCUT2D eigenvalue weighted by Crippen LogP contribution is 2.19. The summed E-state index contributed by atoms with van der Waals surface area (Å²) in [6.07, 6.45) is 5.76. The first-order valence-corrected chi connectivity index (χ1v) is 8.87. The second kappa shape index (κ2) is 8.43. The molecule has 6 heteroatoms. The fourth-order valence-corrected chi connectivity index (χ4v) is 3.18. The molecular formula is C20H22N4O2. The van der Waals surface area contributed by atoms with Gasteiger partial charge in [0.25, 0.3) is 5.88 Å². The van der Waals surface area contributed by atoms with Gasteiger partial charge in [0.1, 0.15) is 12.2 Å². The third-order valence-electron chi connectivity index (χ3n) is 4.49. The number of aromatic nitrogens is 2. The number of rotatable bonds is 5. The summed E-state index contributed by atoms with van der Waals surface area (Å²) in [5.74, 6) is 0.383. The second-order valence-corrected chi connectivity index (χ2v) is 6.53. The number of hydrogen-bond donors (Lipinski definition) is 0. The van der Waals surface area contributed by atoms with E-state index in [0.29, 0.717) is 13.0 Å². The Morgan fingerprint density at radius 3 is 3.04 bits per heavy atom. The van der Waals surface area contributed by atoms with Gasteiger partial charge in [-0.15, -0.1) is 0 Å². The van der Waals surface area contributed by atoms with Crippen molar-refractivity contribution in [3.05, 3.63) is 53.5 Å². The topological polar surface area (TPSA) is 79.1 Å². The third kappa shape index (κ3) is 4.57. The number of aryl methyl sites for hydroxylation is 2. The Hall–Kier alpha value is -2.94. The fraction of sp³-hybridized carbons (Fsp3) is 0.400. The first-order chi connectivity index (χ1) is 12.7. The molecule has 1 unspecified atom stereocenters. The summed E-state index contributed by atoms with van der Waals surface area (Å²) in [5, 5.41) is 9.09. The van der Waals surface area contributed by atoms with E-state index < -0.39 is 0 Å². The van der Waals surface area contributed by atoms with Crippen molar-refractivity contribution in [2.24, 2.45) is 0 Å². The Labute approximate surface area is 153 Å². The lowest BCUT2D eigenvalue weighted by atomic mass is 10.0. The average Bonchev–Trinajstić information content (AvgIpc) is 2.67. The van der Waals surface area contributed by atoms with Crippen LogP contribution in [0.2, 0.25) is 0 Å². The molecule has 1 aliphatic heterocycles. The number of ether oxygens (including phenoxy) is 1. The third-order valence-corrected chi connectivity index (χ3v) is 4.49. The van der Waals surface area contributed by atoms with E-state index in [0.717, 1.165) is 25.8 Å². The predicted octanol–water partition coefficient (Wildman–Crippen LogP) is 2.66. The zero-order valence-corrected chi connectivity index (χ0v) is 14.9. The maximum absolute atomic E-state index is 12.6. The zero-order valence-electron chi connectivity index (χ0n) is 14.9. The number of nitriles is 1. The molecule has 1 atom stereocenters. The van der Waals surface area contributed by atoms with Crippen LogP contribution in [0, 0.1) is 18.3 Å². The normalized spacial score (nSPS) is 16.8. The maximum atomic E-state index is 12.6. The molecule has 0 spiro atoms. The lowest BCUT2D eigenvalue weighted by Crippen LogP contribution is -2.44. The zero-order chi connectivity index (χ0) is 18.4. The Morgan fingerprint density at radius 2 is 2.23 bits per heavy atom. The highest BCUT2D eigenvalue weighted by atomic mass is 16.5. The van der Waals surface area contributed by atoms with Crippen LogP contribution in [0.25, 0.3) is 0 Å². The molecule has 1 amide bonds. The molecule has 134 valence electrons. The van der Waals surface area contributed by atoms with Gasteiger partial charge in [0.15, 0.2) is 0 Å². The number of benzene rings is 1. The van der Waals surface area contributed by atoms with Gasteiger partial charge in [-0.3, -0.25) is 4.79 Å². The van der Waals surface area contributed by atoms with Crippen LogP contribution in [-0.2, 0) is 11.2 Å². The quantitative estimate of drug-likeness (QED) is 0.828. The molecule has 0 bridgehead atoms. The number of hydrogen-bond acceptors (Lipinski definition) is 5. The van der Waals surface area contributed by atoms with Gasteiger partial charge in [-0.2, -0.15) is 5.26 Å². The SMILES string of the molecule is Cc1cccc(CCC(=O)N2CCCC(Oc3nccnc3C#N)C2)c1. The number of carbonyl (C=O) groups is 1. The number of likely N-dealkylation sites (tertiary alicyclic amines) is 1. The molecule has 26 heavy (non-hydrogen) atoms. The minimum absolute atomic E-state index is 0.138. The van der Waals surface area contributed by atoms with Crippen LogP contribution in [0.4, 0.5) is 0 Å². The molecule has 2 aromatic rings. The highest BCUT2D eigenvalue weighted by molar-refractivity contribution is 5.76. The summed E-state index contributed by atoms with van der Waals surface area (Å²) in [7, 11) is 0. The van der Waals surface area contributed by atoms with Crippen molar-refractivity contribution < 1.29 is 9.53 Å².